The Morgan fingerprint density at radius 3 is 1.33 bits per heavy atom. The minimum absolute atomic E-state index is 0.171. The largest absolute Gasteiger partial charge is 0.311 e. The van der Waals surface area contributed by atoms with Gasteiger partial charge in [0.25, 0.3) is 0 Å². The highest BCUT2D eigenvalue weighted by Gasteiger charge is 2.32. The van der Waals surface area contributed by atoms with Crippen molar-refractivity contribution >= 4 is 34.1 Å². The van der Waals surface area contributed by atoms with Gasteiger partial charge in [-0.15, -0.1) is 0 Å². The van der Waals surface area contributed by atoms with Crippen molar-refractivity contribution < 1.29 is 0 Å². The first-order chi connectivity index (χ1) is 31.7. The van der Waals surface area contributed by atoms with Gasteiger partial charge in [-0.1, -0.05) is 146 Å². The second kappa shape index (κ2) is 17.2. The number of hydrogen-bond donors (Lipinski definition) is 0. The number of aromatic nitrogens is 2. The number of nitrogens with zero attached hydrogens (tertiary/aromatic N) is 4. The van der Waals surface area contributed by atoms with E-state index in [1.807, 2.05) is 24.5 Å². The van der Waals surface area contributed by atoms with Crippen molar-refractivity contribution in [2.45, 2.75) is 12.3 Å². The van der Waals surface area contributed by atoms with Crippen LogP contribution in [0, 0.1) is 0 Å². The number of hydrogen-bond acceptors (Lipinski definition) is 4. The molecular weight excluding hydrogens is 777 g/mol. The highest BCUT2D eigenvalue weighted by molar-refractivity contribution is 5.90. The van der Waals surface area contributed by atoms with Crippen molar-refractivity contribution in [2.75, 3.05) is 9.80 Å². The zero-order chi connectivity index (χ0) is 42.7. The lowest BCUT2D eigenvalue weighted by Gasteiger charge is -2.25. The van der Waals surface area contributed by atoms with Crippen LogP contribution in [0.1, 0.15) is 22.6 Å². The first-order valence-electron chi connectivity index (χ1n) is 21.9. The van der Waals surface area contributed by atoms with Crippen LogP contribution in [0.5, 0.6) is 0 Å². The van der Waals surface area contributed by atoms with E-state index < -0.39 is 0 Å². The Hall–Kier alpha value is -8.34. The van der Waals surface area contributed by atoms with Crippen LogP contribution >= 0.6 is 0 Å². The summed E-state index contributed by atoms with van der Waals surface area (Å²) in [6.45, 7) is 0. The molecule has 0 amide bonds. The van der Waals surface area contributed by atoms with Crippen LogP contribution in [0.2, 0.25) is 0 Å². The van der Waals surface area contributed by atoms with E-state index in [2.05, 4.69) is 234 Å². The molecule has 1 unspecified atom stereocenters. The van der Waals surface area contributed by atoms with Crippen LogP contribution in [0.25, 0.3) is 44.8 Å². The summed E-state index contributed by atoms with van der Waals surface area (Å²) in [7, 11) is 0. The lowest BCUT2D eigenvalue weighted by molar-refractivity contribution is 0.828. The molecule has 0 radical (unpaired) electrons. The van der Waals surface area contributed by atoms with Crippen molar-refractivity contribution in [1.82, 2.24) is 9.97 Å². The van der Waals surface area contributed by atoms with Crippen molar-refractivity contribution in [1.29, 1.82) is 0 Å². The van der Waals surface area contributed by atoms with Gasteiger partial charge in [0.2, 0.25) is 0 Å². The molecule has 0 fully saturated rings. The highest BCUT2D eigenvalue weighted by atomic mass is 15.1. The molecule has 1 atom stereocenters. The quantitative estimate of drug-likeness (QED) is 0.130. The Morgan fingerprint density at radius 1 is 0.328 bits per heavy atom. The van der Waals surface area contributed by atoms with Crippen LogP contribution < -0.4 is 9.80 Å². The molecule has 0 bridgehead atoms. The summed E-state index contributed by atoms with van der Waals surface area (Å²) in [5, 5.41) is 0. The summed E-state index contributed by atoms with van der Waals surface area (Å²) in [5.74, 6) is 0.171. The van der Waals surface area contributed by atoms with Crippen LogP contribution in [0.15, 0.2) is 249 Å². The van der Waals surface area contributed by atoms with Crippen molar-refractivity contribution in [2.24, 2.45) is 0 Å². The number of fused-ring (bicyclic) bond motifs is 3. The highest BCUT2D eigenvalue weighted by Crippen LogP contribution is 2.51. The molecule has 1 aliphatic rings. The van der Waals surface area contributed by atoms with Crippen LogP contribution in [-0.2, 0) is 6.42 Å². The predicted molar refractivity (Wildman–Crippen MR) is 265 cm³/mol. The fraction of sp³-hybridized carbons (Fsp3) is 0.0333. The van der Waals surface area contributed by atoms with Gasteiger partial charge in [-0.3, -0.25) is 9.97 Å². The van der Waals surface area contributed by atoms with Gasteiger partial charge in [-0.2, -0.15) is 0 Å². The number of pyridine rings is 2. The first kappa shape index (κ1) is 38.6. The summed E-state index contributed by atoms with van der Waals surface area (Å²) in [4.78, 5) is 15.0. The fourth-order valence-electron chi connectivity index (χ4n) is 9.29. The van der Waals surface area contributed by atoms with Gasteiger partial charge < -0.3 is 9.80 Å². The zero-order valence-corrected chi connectivity index (χ0v) is 35.2. The SMILES string of the molecule is c1ccc(CC2c3ccccc3-c3cc(-c4ccc(N(c5ccccc5)c5ccccc5)cn4)cc(-c4ccc(-c5ccc(N(c6ccccc6)c6ccccc6)cc5)cn4)c32)cc1. The number of benzene rings is 8. The second-order valence-electron chi connectivity index (χ2n) is 16.2. The average Bonchev–Trinajstić information content (AvgIpc) is 3.68. The maximum absolute atomic E-state index is 5.26. The van der Waals surface area contributed by atoms with E-state index in [4.69, 9.17) is 9.97 Å². The molecule has 4 nitrogen and oxygen atoms in total. The Morgan fingerprint density at radius 2 is 0.781 bits per heavy atom. The monoisotopic (exact) mass is 820 g/mol. The maximum atomic E-state index is 5.26. The Labute approximate surface area is 375 Å². The minimum Gasteiger partial charge on any atom is -0.311 e. The Bertz CT molecular complexity index is 3060. The standard InChI is InChI=1S/C60H44N4/c1-6-18-43(19-7-1)38-55-53-28-16-17-29-54(53)56-39-46(58-37-35-52(42-62-58)64(49-24-12-4-13-25-49)50-26-14-5-15-27-50)40-57(60(55)56)59-36-32-45(41-61-59)44-30-33-51(34-31-44)63(47-20-8-2-9-21-47)48-22-10-3-11-23-48/h1-37,39-42,55H,38H2. The smallest absolute Gasteiger partial charge is 0.0705 e. The number of rotatable bonds is 11. The van der Waals surface area contributed by atoms with Gasteiger partial charge >= 0.3 is 0 Å². The molecule has 11 rings (SSSR count). The number of anilines is 6. The van der Waals surface area contributed by atoms with Gasteiger partial charge in [0, 0.05) is 57.2 Å². The molecule has 10 aromatic rings. The van der Waals surface area contributed by atoms with E-state index >= 15 is 0 Å². The third-order valence-corrected chi connectivity index (χ3v) is 12.3. The zero-order valence-electron chi connectivity index (χ0n) is 35.2. The summed E-state index contributed by atoms with van der Waals surface area (Å²) in [5.41, 5.74) is 19.2. The molecule has 8 aromatic carbocycles. The second-order valence-corrected chi connectivity index (χ2v) is 16.2. The molecule has 0 spiro atoms. The van der Waals surface area contributed by atoms with Crippen LogP contribution in [-0.4, -0.2) is 9.97 Å². The molecular formula is C60H44N4. The minimum atomic E-state index is 0.171. The van der Waals surface area contributed by atoms with Gasteiger partial charge in [-0.25, -0.2) is 0 Å². The summed E-state index contributed by atoms with van der Waals surface area (Å²) in [6, 6.07) is 83.9. The van der Waals surface area contributed by atoms with E-state index in [0.29, 0.717) is 0 Å². The molecule has 304 valence electrons. The number of para-hydroxylation sites is 4. The third-order valence-electron chi connectivity index (χ3n) is 12.3. The van der Waals surface area contributed by atoms with Crippen molar-refractivity contribution in [3.8, 4) is 44.8 Å². The van der Waals surface area contributed by atoms with Crippen molar-refractivity contribution in [3.63, 3.8) is 0 Å². The Kier molecular flexibility index (Phi) is 10.4. The van der Waals surface area contributed by atoms with Crippen LogP contribution in [0.4, 0.5) is 34.1 Å². The van der Waals surface area contributed by atoms with E-state index in [1.54, 1.807) is 0 Å². The molecule has 0 N–H and O–H groups in total. The van der Waals surface area contributed by atoms with E-state index in [1.165, 1.54) is 27.8 Å². The molecule has 2 heterocycles. The fourth-order valence-corrected chi connectivity index (χ4v) is 9.29. The van der Waals surface area contributed by atoms with E-state index in [0.717, 1.165) is 74.2 Å². The van der Waals surface area contributed by atoms with E-state index in [-0.39, 0.29) is 5.92 Å². The summed E-state index contributed by atoms with van der Waals surface area (Å²) < 4.78 is 0. The predicted octanol–water partition coefficient (Wildman–Crippen LogP) is 15.8. The average molecular weight is 821 g/mol. The molecule has 1 aliphatic carbocycles. The molecule has 2 aromatic heterocycles. The van der Waals surface area contributed by atoms with Crippen LogP contribution in [0.3, 0.4) is 0 Å². The third kappa shape index (κ3) is 7.52. The van der Waals surface area contributed by atoms with Crippen molar-refractivity contribution in [3.05, 3.63) is 266 Å². The molecule has 4 heteroatoms. The normalized spacial score (nSPS) is 12.6. The van der Waals surface area contributed by atoms with Gasteiger partial charge in [-0.05, 0) is 131 Å². The lowest BCUT2D eigenvalue weighted by Crippen LogP contribution is -2.10. The topological polar surface area (TPSA) is 32.3 Å². The summed E-state index contributed by atoms with van der Waals surface area (Å²) in [6.07, 6.45) is 4.91. The first-order valence-corrected chi connectivity index (χ1v) is 21.9. The molecule has 0 aliphatic heterocycles. The van der Waals surface area contributed by atoms with E-state index in [9.17, 15) is 0 Å². The molecule has 0 saturated heterocycles. The Balaban J connectivity index is 0.985. The van der Waals surface area contributed by atoms with Gasteiger partial charge in [0.1, 0.15) is 0 Å². The summed E-state index contributed by atoms with van der Waals surface area (Å²) >= 11 is 0. The lowest BCUT2D eigenvalue weighted by atomic mass is 9.85. The maximum Gasteiger partial charge on any atom is 0.0705 e. The van der Waals surface area contributed by atoms with Gasteiger partial charge in [0.05, 0.1) is 23.3 Å². The van der Waals surface area contributed by atoms with Gasteiger partial charge in [0.15, 0.2) is 0 Å². The molecule has 64 heavy (non-hydrogen) atoms. The molecule has 0 saturated carbocycles.